The zero-order chi connectivity index (χ0) is 14.5. The highest BCUT2D eigenvalue weighted by Gasteiger charge is 2.10. The topological polar surface area (TPSA) is 28.2 Å². The van der Waals surface area contributed by atoms with Gasteiger partial charge in [-0.15, -0.1) is 11.3 Å². The number of hydrogen-bond acceptors (Lipinski definition) is 4. The Bertz CT molecular complexity index is 568. The van der Waals surface area contributed by atoms with Crippen molar-refractivity contribution in [2.24, 2.45) is 0 Å². The summed E-state index contributed by atoms with van der Waals surface area (Å²) in [6, 6.07) is 6.54. The summed E-state index contributed by atoms with van der Waals surface area (Å²) in [6.45, 7) is 6.97. The Balaban J connectivity index is 2.10. The lowest BCUT2D eigenvalue weighted by atomic mass is 10.2. The molecule has 3 nitrogen and oxygen atoms in total. The van der Waals surface area contributed by atoms with Gasteiger partial charge in [-0.25, -0.2) is 4.98 Å². The van der Waals surface area contributed by atoms with Crippen LogP contribution in [0.1, 0.15) is 23.1 Å². The van der Waals surface area contributed by atoms with Gasteiger partial charge in [-0.05, 0) is 47.1 Å². The van der Waals surface area contributed by atoms with E-state index >= 15 is 0 Å². The molecule has 20 heavy (non-hydrogen) atoms. The largest absolute Gasteiger partial charge is 0.368 e. The maximum atomic E-state index is 4.31. The lowest BCUT2D eigenvalue weighted by Gasteiger charge is -2.21. The first-order valence-electron chi connectivity index (χ1n) is 6.71. The van der Waals surface area contributed by atoms with Gasteiger partial charge in [-0.2, -0.15) is 0 Å². The molecule has 0 bridgehead atoms. The third kappa shape index (κ3) is 3.81. The van der Waals surface area contributed by atoms with Crippen LogP contribution in [0.25, 0.3) is 0 Å². The molecule has 5 heteroatoms. The highest BCUT2D eigenvalue weighted by atomic mass is 79.9. The van der Waals surface area contributed by atoms with Crippen LogP contribution in [-0.4, -0.2) is 18.6 Å². The third-order valence-electron chi connectivity index (χ3n) is 3.23. The molecule has 1 aromatic carbocycles. The molecule has 0 fully saturated rings. The Hall–Kier alpha value is -0.910. The minimum absolute atomic E-state index is 0.891. The van der Waals surface area contributed by atoms with Crippen LogP contribution in [0.4, 0.5) is 5.69 Å². The van der Waals surface area contributed by atoms with E-state index in [4.69, 9.17) is 0 Å². The van der Waals surface area contributed by atoms with E-state index in [0.29, 0.717) is 0 Å². The van der Waals surface area contributed by atoms with Gasteiger partial charge in [-0.1, -0.05) is 13.0 Å². The zero-order valence-corrected chi connectivity index (χ0v) is 14.5. The summed E-state index contributed by atoms with van der Waals surface area (Å²) >= 11 is 5.40. The molecule has 0 saturated heterocycles. The van der Waals surface area contributed by atoms with Gasteiger partial charge in [0.05, 0.1) is 23.4 Å². The number of halogens is 1. The van der Waals surface area contributed by atoms with Gasteiger partial charge < -0.3 is 10.2 Å². The third-order valence-corrected chi connectivity index (χ3v) is 4.78. The number of nitrogens with one attached hydrogen (secondary N) is 1. The SMILES string of the molecule is CCNCc1ccc(N(C)Cc2scnc2C)c(Br)c1. The van der Waals surface area contributed by atoms with Crippen LogP contribution in [0.5, 0.6) is 0 Å². The number of benzene rings is 1. The van der Waals surface area contributed by atoms with Crippen LogP contribution in [0.15, 0.2) is 28.2 Å². The predicted molar refractivity (Wildman–Crippen MR) is 90.5 cm³/mol. The number of nitrogens with zero attached hydrogens (tertiary/aromatic N) is 2. The first kappa shape index (κ1) is 15.5. The molecule has 1 heterocycles. The van der Waals surface area contributed by atoms with Crippen LogP contribution in [0.2, 0.25) is 0 Å². The van der Waals surface area contributed by atoms with Crippen LogP contribution in [0, 0.1) is 6.92 Å². The van der Waals surface area contributed by atoms with E-state index in [1.165, 1.54) is 16.1 Å². The molecule has 0 aliphatic heterocycles. The molecule has 0 amide bonds. The van der Waals surface area contributed by atoms with E-state index in [2.05, 4.69) is 70.2 Å². The van der Waals surface area contributed by atoms with Crippen molar-refractivity contribution >= 4 is 33.0 Å². The minimum Gasteiger partial charge on any atom is -0.368 e. The van der Waals surface area contributed by atoms with Crippen molar-refractivity contribution in [3.63, 3.8) is 0 Å². The van der Waals surface area contributed by atoms with E-state index in [0.717, 1.165) is 29.8 Å². The van der Waals surface area contributed by atoms with Crippen molar-refractivity contribution in [2.45, 2.75) is 26.9 Å². The molecule has 0 aliphatic carbocycles. The second kappa shape index (κ2) is 7.20. The molecule has 2 rings (SSSR count). The second-order valence-corrected chi connectivity index (χ2v) is 6.58. The summed E-state index contributed by atoms with van der Waals surface area (Å²) in [6.07, 6.45) is 0. The van der Waals surface area contributed by atoms with Crippen molar-refractivity contribution < 1.29 is 0 Å². The molecule has 0 atom stereocenters. The number of aromatic nitrogens is 1. The van der Waals surface area contributed by atoms with Gasteiger partial charge in [0.2, 0.25) is 0 Å². The lowest BCUT2D eigenvalue weighted by molar-refractivity contribution is 0.726. The normalized spacial score (nSPS) is 10.8. The maximum Gasteiger partial charge on any atom is 0.0798 e. The zero-order valence-electron chi connectivity index (χ0n) is 12.1. The Kier molecular flexibility index (Phi) is 5.57. The van der Waals surface area contributed by atoms with Crippen molar-refractivity contribution in [3.8, 4) is 0 Å². The summed E-state index contributed by atoms with van der Waals surface area (Å²) in [4.78, 5) is 7.87. The maximum absolute atomic E-state index is 4.31. The van der Waals surface area contributed by atoms with Crippen LogP contribution >= 0.6 is 27.3 Å². The summed E-state index contributed by atoms with van der Waals surface area (Å²) in [5.41, 5.74) is 5.54. The lowest BCUT2D eigenvalue weighted by Crippen LogP contribution is -2.17. The fourth-order valence-corrected chi connectivity index (χ4v) is 3.58. The number of anilines is 1. The Morgan fingerprint density at radius 2 is 2.20 bits per heavy atom. The Morgan fingerprint density at radius 3 is 2.80 bits per heavy atom. The van der Waals surface area contributed by atoms with E-state index in [9.17, 15) is 0 Å². The van der Waals surface area contributed by atoms with Crippen molar-refractivity contribution in [3.05, 3.63) is 44.3 Å². The molecule has 0 aliphatic rings. The second-order valence-electron chi connectivity index (χ2n) is 4.78. The number of thiazole rings is 1. The van der Waals surface area contributed by atoms with E-state index in [1.807, 2.05) is 5.51 Å². The summed E-state index contributed by atoms with van der Waals surface area (Å²) in [7, 11) is 2.11. The standard InChI is InChI=1S/C15H20BrN3S/c1-4-17-8-12-5-6-14(13(16)7-12)19(3)9-15-11(2)18-10-20-15/h5-7,10,17H,4,8-9H2,1-3H3. The summed E-state index contributed by atoms with van der Waals surface area (Å²) in [5.74, 6) is 0. The Morgan fingerprint density at radius 1 is 1.40 bits per heavy atom. The van der Waals surface area contributed by atoms with E-state index in [-0.39, 0.29) is 0 Å². The van der Waals surface area contributed by atoms with Crippen molar-refractivity contribution in [1.82, 2.24) is 10.3 Å². The van der Waals surface area contributed by atoms with Gasteiger partial charge in [-0.3, -0.25) is 0 Å². The van der Waals surface area contributed by atoms with Crippen LogP contribution < -0.4 is 10.2 Å². The first-order chi connectivity index (χ1) is 9.61. The van der Waals surface area contributed by atoms with Gasteiger partial charge in [0.1, 0.15) is 0 Å². The molecule has 0 unspecified atom stereocenters. The average Bonchev–Trinajstić information content (AvgIpc) is 2.82. The Labute approximate surface area is 133 Å². The molecule has 0 radical (unpaired) electrons. The molecule has 0 spiro atoms. The van der Waals surface area contributed by atoms with Gasteiger partial charge in [0.25, 0.3) is 0 Å². The number of hydrogen-bond donors (Lipinski definition) is 1. The molecule has 1 aromatic heterocycles. The smallest absolute Gasteiger partial charge is 0.0798 e. The van der Waals surface area contributed by atoms with Crippen molar-refractivity contribution in [1.29, 1.82) is 0 Å². The van der Waals surface area contributed by atoms with Crippen LogP contribution in [-0.2, 0) is 13.1 Å². The monoisotopic (exact) mass is 353 g/mol. The molecular weight excluding hydrogens is 334 g/mol. The predicted octanol–water partition coefficient (Wildman–Crippen LogP) is 3.96. The fourth-order valence-electron chi connectivity index (χ4n) is 2.02. The fraction of sp³-hybridized carbons (Fsp3) is 0.400. The molecule has 0 saturated carbocycles. The summed E-state index contributed by atoms with van der Waals surface area (Å²) in [5, 5.41) is 3.34. The highest BCUT2D eigenvalue weighted by molar-refractivity contribution is 9.10. The van der Waals surface area contributed by atoms with Crippen molar-refractivity contribution in [2.75, 3.05) is 18.5 Å². The molecule has 1 N–H and O–H groups in total. The van der Waals surface area contributed by atoms with E-state index < -0.39 is 0 Å². The highest BCUT2D eigenvalue weighted by Crippen LogP contribution is 2.28. The first-order valence-corrected chi connectivity index (χ1v) is 8.38. The molecule has 2 aromatic rings. The minimum atomic E-state index is 0.891. The van der Waals surface area contributed by atoms with E-state index in [1.54, 1.807) is 11.3 Å². The molecular formula is C15H20BrN3S. The van der Waals surface area contributed by atoms with Gasteiger partial charge >= 0.3 is 0 Å². The summed E-state index contributed by atoms with van der Waals surface area (Å²) < 4.78 is 1.14. The van der Waals surface area contributed by atoms with Crippen LogP contribution in [0.3, 0.4) is 0 Å². The number of aryl methyl sites for hydroxylation is 1. The average molecular weight is 354 g/mol. The molecule has 108 valence electrons. The van der Waals surface area contributed by atoms with Gasteiger partial charge in [0, 0.05) is 22.9 Å². The quantitative estimate of drug-likeness (QED) is 0.851. The van der Waals surface area contributed by atoms with Gasteiger partial charge in [0.15, 0.2) is 0 Å². The number of rotatable bonds is 6.